The van der Waals surface area contributed by atoms with Gasteiger partial charge in [-0.1, -0.05) is 0 Å². The van der Waals surface area contributed by atoms with E-state index in [-0.39, 0.29) is 0 Å². The van der Waals surface area contributed by atoms with Gasteiger partial charge in [-0.15, -0.1) is 21.5 Å². The van der Waals surface area contributed by atoms with Gasteiger partial charge in [0.25, 0.3) is 0 Å². The lowest BCUT2D eigenvalue weighted by Gasteiger charge is -2.11. The van der Waals surface area contributed by atoms with Crippen LogP contribution in [-0.2, 0) is 0 Å². The van der Waals surface area contributed by atoms with Crippen LogP contribution < -0.4 is 4.74 Å². The average Bonchev–Trinajstić information content (AvgIpc) is 3.43. The van der Waals surface area contributed by atoms with E-state index in [1.165, 1.54) is 11.8 Å². The van der Waals surface area contributed by atoms with Crippen molar-refractivity contribution in [1.82, 2.24) is 34.7 Å². The van der Waals surface area contributed by atoms with Crippen molar-refractivity contribution in [2.24, 2.45) is 0 Å². The summed E-state index contributed by atoms with van der Waals surface area (Å²) in [4.78, 5) is 17.4. The van der Waals surface area contributed by atoms with Gasteiger partial charge in [-0.3, -0.25) is 9.55 Å². The maximum absolute atomic E-state index is 5.57. The SMILES string of the molecule is CCOc1ccc(-n2c(Sc3ncnc4ccsc34)nnc2-c2cnccn2)cc1. The lowest BCUT2D eigenvalue weighted by Crippen LogP contribution is -2.01. The molecule has 5 rings (SSSR count). The zero-order valence-corrected chi connectivity index (χ0v) is 17.5. The van der Waals surface area contributed by atoms with Crippen molar-refractivity contribution in [1.29, 1.82) is 0 Å². The summed E-state index contributed by atoms with van der Waals surface area (Å²) in [7, 11) is 0. The minimum absolute atomic E-state index is 0.603. The lowest BCUT2D eigenvalue weighted by atomic mass is 10.3. The van der Waals surface area contributed by atoms with Gasteiger partial charge in [0, 0.05) is 12.4 Å². The number of hydrogen-bond acceptors (Lipinski definition) is 9. The molecule has 0 N–H and O–H groups in total. The molecule has 0 unspecified atom stereocenters. The molecule has 0 aliphatic carbocycles. The van der Waals surface area contributed by atoms with E-state index in [0.717, 1.165) is 26.7 Å². The molecule has 148 valence electrons. The first-order chi connectivity index (χ1) is 14.8. The standard InChI is InChI=1S/C20H15N7OS2/c1-2-28-14-5-3-13(4-6-14)27-18(16-11-21-8-9-22-16)25-26-20(27)30-19-17-15(7-10-29-17)23-12-24-19/h3-12H,2H2,1H3. The predicted octanol–water partition coefficient (Wildman–Crippen LogP) is 4.28. The highest BCUT2D eigenvalue weighted by Gasteiger charge is 2.19. The lowest BCUT2D eigenvalue weighted by molar-refractivity contribution is 0.340. The van der Waals surface area contributed by atoms with Crippen LogP contribution in [0.4, 0.5) is 0 Å². The monoisotopic (exact) mass is 433 g/mol. The molecule has 0 bridgehead atoms. The van der Waals surface area contributed by atoms with Crippen molar-refractivity contribution in [3.05, 3.63) is 60.6 Å². The third kappa shape index (κ3) is 3.51. The number of thiophene rings is 1. The summed E-state index contributed by atoms with van der Waals surface area (Å²) in [6.07, 6.45) is 6.51. The van der Waals surface area contributed by atoms with Crippen molar-refractivity contribution in [2.75, 3.05) is 6.61 Å². The molecule has 5 aromatic rings. The Morgan fingerprint density at radius 3 is 2.73 bits per heavy atom. The van der Waals surface area contributed by atoms with Crippen molar-refractivity contribution >= 4 is 33.3 Å². The van der Waals surface area contributed by atoms with Crippen LogP contribution in [0.1, 0.15) is 6.92 Å². The smallest absolute Gasteiger partial charge is 0.202 e. The normalized spacial score (nSPS) is 11.1. The molecular weight excluding hydrogens is 418 g/mol. The van der Waals surface area contributed by atoms with E-state index in [0.29, 0.717) is 23.3 Å². The van der Waals surface area contributed by atoms with Crippen LogP contribution in [-0.4, -0.2) is 41.3 Å². The Bertz CT molecular complexity index is 1290. The molecule has 10 heteroatoms. The van der Waals surface area contributed by atoms with Crippen LogP contribution in [0.3, 0.4) is 0 Å². The van der Waals surface area contributed by atoms with Gasteiger partial charge in [-0.05, 0) is 54.4 Å². The van der Waals surface area contributed by atoms with Gasteiger partial charge in [0.2, 0.25) is 5.16 Å². The number of fused-ring (bicyclic) bond motifs is 1. The van der Waals surface area contributed by atoms with Crippen molar-refractivity contribution < 1.29 is 4.74 Å². The molecule has 0 atom stereocenters. The molecule has 4 aromatic heterocycles. The average molecular weight is 434 g/mol. The molecule has 1 aromatic carbocycles. The minimum Gasteiger partial charge on any atom is -0.494 e. The number of nitrogens with zero attached hydrogens (tertiary/aromatic N) is 7. The number of ether oxygens (including phenoxy) is 1. The Morgan fingerprint density at radius 1 is 1.03 bits per heavy atom. The first-order valence-electron chi connectivity index (χ1n) is 9.14. The second kappa shape index (κ2) is 8.17. The fraction of sp³-hybridized carbons (Fsp3) is 0.100. The minimum atomic E-state index is 0.603. The van der Waals surface area contributed by atoms with E-state index in [1.807, 2.05) is 47.2 Å². The zero-order chi connectivity index (χ0) is 20.3. The van der Waals surface area contributed by atoms with E-state index < -0.39 is 0 Å². The van der Waals surface area contributed by atoms with E-state index in [4.69, 9.17) is 4.74 Å². The Hall–Kier alpha value is -3.37. The second-order valence-electron chi connectivity index (χ2n) is 6.08. The van der Waals surface area contributed by atoms with Crippen molar-refractivity contribution in [2.45, 2.75) is 17.1 Å². The summed E-state index contributed by atoms with van der Waals surface area (Å²) < 4.78 is 8.54. The molecule has 0 saturated carbocycles. The van der Waals surface area contributed by atoms with Gasteiger partial charge in [0.1, 0.15) is 22.8 Å². The molecule has 30 heavy (non-hydrogen) atoms. The molecule has 0 fully saturated rings. The fourth-order valence-corrected chi connectivity index (χ4v) is 4.77. The first kappa shape index (κ1) is 18.6. The highest BCUT2D eigenvalue weighted by Crippen LogP contribution is 2.35. The topological polar surface area (TPSA) is 91.5 Å². The number of benzene rings is 1. The Morgan fingerprint density at radius 2 is 1.93 bits per heavy atom. The van der Waals surface area contributed by atoms with Crippen LogP contribution in [0.25, 0.3) is 27.4 Å². The van der Waals surface area contributed by atoms with E-state index in [2.05, 4.69) is 30.1 Å². The molecule has 0 radical (unpaired) electrons. The van der Waals surface area contributed by atoms with Crippen LogP contribution in [0.15, 0.2) is 70.8 Å². The summed E-state index contributed by atoms with van der Waals surface area (Å²) >= 11 is 3.05. The molecule has 8 nitrogen and oxygen atoms in total. The molecule has 0 aliphatic heterocycles. The van der Waals surface area contributed by atoms with Gasteiger partial charge in [-0.2, -0.15) is 0 Å². The fourth-order valence-electron chi connectivity index (χ4n) is 2.93. The third-order valence-corrected chi connectivity index (χ3v) is 6.22. The summed E-state index contributed by atoms with van der Waals surface area (Å²) in [6.45, 7) is 2.57. The summed E-state index contributed by atoms with van der Waals surface area (Å²) in [5.41, 5.74) is 2.44. The van der Waals surface area contributed by atoms with Gasteiger partial charge in [-0.25, -0.2) is 15.0 Å². The molecule has 0 saturated heterocycles. The van der Waals surface area contributed by atoms with E-state index >= 15 is 0 Å². The van der Waals surface area contributed by atoms with Crippen LogP contribution in [0.2, 0.25) is 0 Å². The summed E-state index contributed by atoms with van der Waals surface area (Å²) in [5, 5.41) is 12.4. The second-order valence-corrected chi connectivity index (χ2v) is 7.95. The number of aromatic nitrogens is 7. The summed E-state index contributed by atoms with van der Waals surface area (Å²) in [6, 6.07) is 9.78. The molecule has 0 amide bonds. The Labute approximate surface area is 180 Å². The Kier molecular flexibility index (Phi) is 5.08. The number of rotatable bonds is 6. The maximum atomic E-state index is 5.57. The van der Waals surface area contributed by atoms with E-state index in [1.54, 1.807) is 36.3 Å². The summed E-state index contributed by atoms with van der Waals surface area (Å²) in [5.74, 6) is 1.41. The van der Waals surface area contributed by atoms with E-state index in [9.17, 15) is 0 Å². The molecular formula is C20H15N7OS2. The van der Waals surface area contributed by atoms with Gasteiger partial charge >= 0.3 is 0 Å². The van der Waals surface area contributed by atoms with Crippen LogP contribution >= 0.6 is 23.1 Å². The van der Waals surface area contributed by atoms with Crippen molar-refractivity contribution in [3.63, 3.8) is 0 Å². The maximum Gasteiger partial charge on any atom is 0.202 e. The van der Waals surface area contributed by atoms with Crippen LogP contribution in [0.5, 0.6) is 5.75 Å². The zero-order valence-electron chi connectivity index (χ0n) is 15.8. The van der Waals surface area contributed by atoms with Crippen LogP contribution in [0, 0.1) is 0 Å². The van der Waals surface area contributed by atoms with Gasteiger partial charge in [0.15, 0.2) is 5.82 Å². The van der Waals surface area contributed by atoms with Gasteiger partial charge in [0.05, 0.1) is 28.7 Å². The Balaban J connectivity index is 1.62. The highest BCUT2D eigenvalue weighted by atomic mass is 32.2. The van der Waals surface area contributed by atoms with Crippen molar-refractivity contribution in [3.8, 4) is 23.0 Å². The largest absolute Gasteiger partial charge is 0.494 e. The highest BCUT2D eigenvalue weighted by molar-refractivity contribution is 7.99. The quantitative estimate of drug-likeness (QED) is 0.367. The predicted molar refractivity (Wildman–Crippen MR) is 115 cm³/mol. The van der Waals surface area contributed by atoms with Gasteiger partial charge < -0.3 is 4.74 Å². The number of hydrogen-bond donors (Lipinski definition) is 0. The first-order valence-corrected chi connectivity index (χ1v) is 10.8. The molecule has 4 heterocycles. The third-order valence-electron chi connectivity index (χ3n) is 4.23. The molecule has 0 aliphatic rings. The molecule has 0 spiro atoms.